The monoisotopic (exact) mass is 256 g/mol. The second kappa shape index (κ2) is 4.61. The fourth-order valence-electron chi connectivity index (χ4n) is 1.96. The average Bonchev–Trinajstić information content (AvgIpc) is 2.97. The zero-order valence-electron chi connectivity index (χ0n) is 10.3. The van der Waals surface area contributed by atoms with Gasteiger partial charge in [0.25, 0.3) is 0 Å². The third kappa shape index (κ3) is 2.35. The Balaban J connectivity index is 1.76. The first-order valence-corrected chi connectivity index (χ1v) is 5.90. The fraction of sp³-hybridized carbons (Fsp3) is 0.143. The van der Waals surface area contributed by atoms with E-state index in [1.807, 2.05) is 24.3 Å². The minimum atomic E-state index is -0.153. The minimum Gasteiger partial charge on any atom is -0.464 e. The number of benzene rings is 1. The van der Waals surface area contributed by atoms with Crippen LogP contribution in [0.4, 0.5) is 5.82 Å². The molecule has 0 fully saturated rings. The maximum absolute atomic E-state index is 11.9. The second-order valence-electron chi connectivity index (χ2n) is 4.30. The molecule has 2 heterocycles. The van der Waals surface area contributed by atoms with Gasteiger partial charge in [0.05, 0.1) is 12.7 Å². The second-order valence-corrected chi connectivity index (χ2v) is 4.30. The van der Waals surface area contributed by atoms with Crippen molar-refractivity contribution in [2.24, 2.45) is 0 Å². The highest BCUT2D eigenvalue weighted by Crippen LogP contribution is 2.21. The zero-order valence-corrected chi connectivity index (χ0v) is 10.3. The summed E-state index contributed by atoms with van der Waals surface area (Å²) in [6, 6.07) is 9.29. The van der Waals surface area contributed by atoms with Gasteiger partial charge in [0, 0.05) is 17.0 Å². The number of nitrogens with zero attached hydrogens (tertiary/aromatic N) is 1. The molecule has 5 nitrogen and oxygen atoms in total. The molecular formula is C14H12N2O3. The smallest absolute Gasteiger partial charge is 0.230 e. The molecule has 1 N–H and O–H groups in total. The molecular weight excluding hydrogens is 244 g/mol. The summed E-state index contributed by atoms with van der Waals surface area (Å²) in [6.45, 7) is 1.77. The maximum atomic E-state index is 11.9. The number of anilines is 1. The van der Waals surface area contributed by atoms with Gasteiger partial charge in [-0.1, -0.05) is 23.4 Å². The van der Waals surface area contributed by atoms with Crippen molar-refractivity contribution in [3.8, 4) is 0 Å². The average molecular weight is 256 g/mol. The summed E-state index contributed by atoms with van der Waals surface area (Å²) in [6.07, 6.45) is 1.85. The summed E-state index contributed by atoms with van der Waals surface area (Å²) in [7, 11) is 0. The molecule has 19 heavy (non-hydrogen) atoms. The lowest BCUT2D eigenvalue weighted by Crippen LogP contribution is -2.14. The highest BCUT2D eigenvalue weighted by molar-refractivity contribution is 5.94. The first kappa shape index (κ1) is 11.5. The van der Waals surface area contributed by atoms with Crippen LogP contribution in [0.5, 0.6) is 0 Å². The first-order valence-electron chi connectivity index (χ1n) is 5.90. The number of furan rings is 1. The molecule has 0 bridgehead atoms. The largest absolute Gasteiger partial charge is 0.464 e. The summed E-state index contributed by atoms with van der Waals surface area (Å²) in [4.78, 5) is 11.9. The molecule has 1 amide bonds. The van der Waals surface area contributed by atoms with Crippen molar-refractivity contribution >= 4 is 22.7 Å². The van der Waals surface area contributed by atoms with Gasteiger partial charge in [-0.05, 0) is 13.0 Å². The topological polar surface area (TPSA) is 68.3 Å². The van der Waals surface area contributed by atoms with E-state index in [1.54, 1.807) is 19.3 Å². The Morgan fingerprint density at radius 3 is 3.00 bits per heavy atom. The molecule has 0 aliphatic carbocycles. The number of aryl methyl sites for hydroxylation is 1. The highest BCUT2D eigenvalue weighted by Gasteiger charge is 2.11. The molecule has 3 rings (SSSR count). The lowest BCUT2D eigenvalue weighted by molar-refractivity contribution is -0.115. The lowest BCUT2D eigenvalue weighted by Gasteiger charge is -1.99. The number of nitrogens with one attached hydrogen (secondary N) is 1. The van der Waals surface area contributed by atoms with Crippen LogP contribution >= 0.6 is 0 Å². The Hall–Kier alpha value is -2.56. The highest BCUT2D eigenvalue weighted by atomic mass is 16.5. The third-order valence-electron chi connectivity index (χ3n) is 2.81. The number of hydrogen-bond acceptors (Lipinski definition) is 4. The SMILES string of the molecule is Cc1cc(NC(=O)Cc2coc3ccccc23)no1. The summed E-state index contributed by atoms with van der Waals surface area (Å²) < 4.78 is 10.3. The number of para-hydroxylation sites is 1. The Bertz CT molecular complexity index is 727. The normalized spacial score (nSPS) is 10.8. The zero-order chi connectivity index (χ0) is 13.2. The molecule has 0 aliphatic rings. The van der Waals surface area contributed by atoms with E-state index < -0.39 is 0 Å². The van der Waals surface area contributed by atoms with Crippen molar-refractivity contribution in [1.29, 1.82) is 0 Å². The van der Waals surface area contributed by atoms with E-state index in [1.165, 1.54) is 0 Å². The molecule has 2 aromatic heterocycles. The van der Waals surface area contributed by atoms with Gasteiger partial charge in [-0.25, -0.2) is 0 Å². The molecule has 0 radical (unpaired) electrons. The molecule has 0 saturated heterocycles. The number of hydrogen-bond donors (Lipinski definition) is 1. The predicted molar refractivity (Wildman–Crippen MR) is 69.8 cm³/mol. The van der Waals surface area contributed by atoms with Crippen molar-refractivity contribution in [2.45, 2.75) is 13.3 Å². The third-order valence-corrected chi connectivity index (χ3v) is 2.81. The number of amides is 1. The Labute approximate surface area is 109 Å². The summed E-state index contributed by atoms with van der Waals surface area (Å²) in [5.74, 6) is 0.930. The summed E-state index contributed by atoms with van der Waals surface area (Å²) in [5, 5.41) is 7.35. The molecule has 3 aromatic rings. The molecule has 0 aliphatic heterocycles. The van der Waals surface area contributed by atoms with Crippen molar-refractivity contribution < 1.29 is 13.7 Å². The van der Waals surface area contributed by atoms with Crippen molar-refractivity contribution in [2.75, 3.05) is 5.32 Å². The minimum absolute atomic E-state index is 0.153. The molecule has 1 aromatic carbocycles. The van der Waals surface area contributed by atoms with Crippen LogP contribution in [0.15, 0.2) is 45.5 Å². The summed E-state index contributed by atoms with van der Waals surface area (Å²) in [5.41, 5.74) is 1.64. The van der Waals surface area contributed by atoms with Crippen molar-refractivity contribution in [3.63, 3.8) is 0 Å². The van der Waals surface area contributed by atoms with Crippen LogP contribution in [-0.4, -0.2) is 11.1 Å². The number of carbonyl (C=O) groups is 1. The van der Waals surface area contributed by atoms with E-state index in [4.69, 9.17) is 8.94 Å². The Morgan fingerprint density at radius 2 is 2.21 bits per heavy atom. The van der Waals surface area contributed by atoms with Gasteiger partial charge in [-0.15, -0.1) is 0 Å². The Morgan fingerprint density at radius 1 is 1.37 bits per heavy atom. The van der Waals surface area contributed by atoms with Crippen molar-refractivity contribution in [3.05, 3.63) is 47.9 Å². The first-order chi connectivity index (χ1) is 9.22. The van der Waals surface area contributed by atoms with Crippen LogP contribution in [0.2, 0.25) is 0 Å². The maximum Gasteiger partial charge on any atom is 0.230 e. The van der Waals surface area contributed by atoms with Crippen LogP contribution < -0.4 is 5.32 Å². The molecule has 0 unspecified atom stereocenters. The van der Waals surface area contributed by atoms with Gasteiger partial charge in [-0.2, -0.15) is 0 Å². The Kier molecular flexibility index (Phi) is 2.79. The van der Waals surface area contributed by atoms with E-state index in [-0.39, 0.29) is 12.3 Å². The van der Waals surface area contributed by atoms with Gasteiger partial charge >= 0.3 is 0 Å². The standard InChI is InChI=1S/C14H12N2O3/c1-9-6-13(16-19-9)15-14(17)7-10-8-18-12-5-3-2-4-11(10)12/h2-6,8H,7H2,1H3,(H,15,16,17). The number of rotatable bonds is 3. The van der Waals surface area contributed by atoms with E-state index >= 15 is 0 Å². The number of fused-ring (bicyclic) bond motifs is 1. The van der Waals surface area contributed by atoms with Crippen LogP contribution in [0.25, 0.3) is 11.0 Å². The number of aromatic nitrogens is 1. The molecule has 5 heteroatoms. The van der Waals surface area contributed by atoms with Gasteiger partial charge in [0.2, 0.25) is 5.91 Å². The van der Waals surface area contributed by atoms with Gasteiger partial charge < -0.3 is 14.3 Å². The van der Waals surface area contributed by atoms with Crippen molar-refractivity contribution in [1.82, 2.24) is 5.16 Å². The van der Waals surface area contributed by atoms with Gasteiger partial charge in [-0.3, -0.25) is 4.79 Å². The van der Waals surface area contributed by atoms with Crippen LogP contribution in [0, 0.1) is 6.92 Å². The number of carbonyl (C=O) groups excluding carboxylic acids is 1. The fourth-order valence-corrected chi connectivity index (χ4v) is 1.96. The molecule has 0 saturated carbocycles. The van der Waals surface area contributed by atoms with Gasteiger partial charge in [0.15, 0.2) is 5.82 Å². The van der Waals surface area contributed by atoms with Crippen LogP contribution in [0.1, 0.15) is 11.3 Å². The molecule has 96 valence electrons. The quantitative estimate of drug-likeness (QED) is 0.782. The van der Waals surface area contributed by atoms with E-state index in [2.05, 4.69) is 10.5 Å². The molecule has 0 atom stereocenters. The summed E-state index contributed by atoms with van der Waals surface area (Å²) >= 11 is 0. The lowest BCUT2D eigenvalue weighted by atomic mass is 10.1. The molecule has 0 spiro atoms. The van der Waals surface area contributed by atoms with E-state index in [9.17, 15) is 4.79 Å². The van der Waals surface area contributed by atoms with Crippen LogP contribution in [-0.2, 0) is 11.2 Å². The predicted octanol–water partition coefficient (Wildman–Crippen LogP) is 2.91. The van der Waals surface area contributed by atoms with Crippen LogP contribution in [0.3, 0.4) is 0 Å². The van der Waals surface area contributed by atoms with E-state index in [0.717, 1.165) is 16.5 Å². The van der Waals surface area contributed by atoms with Gasteiger partial charge in [0.1, 0.15) is 11.3 Å². The van der Waals surface area contributed by atoms with E-state index in [0.29, 0.717) is 11.6 Å².